The average Bonchev–Trinajstić information content (AvgIpc) is 2.82. The number of ether oxygens (including phenoxy) is 2. The fraction of sp³-hybridized carbons (Fsp3) is 0.200. The van der Waals surface area contributed by atoms with E-state index in [1.165, 1.54) is 5.56 Å². The molecule has 0 aromatic heterocycles. The second-order valence-electron chi connectivity index (χ2n) is 7.52. The molecule has 4 rings (SSSR count). The summed E-state index contributed by atoms with van der Waals surface area (Å²) in [4.78, 5) is 17.0. The van der Waals surface area contributed by atoms with Crippen LogP contribution in [-0.4, -0.2) is 32.5 Å². The number of urea groups is 1. The van der Waals surface area contributed by atoms with Gasteiger partial charge in [0.1, 0.15) is 0 Å². The number of fused-ring (bicyclic) bond motifs is 1. The number of nitrogens with one attached hydrogen (secondary N) is 2. The van der Waals surface area contributed by atoms with E-state index in [4.69, 9.17) is 37.7 Å². The van der Waals surface area contributed by atoms with Crippen LogP contribution in [0.15, 0.2) is 59.6 Å². The summed E-state index contributed by atoms with van der Waals surface area (Å²) < 4.78 is 10.9. The van der Waals surface area contributed by atoms with E-state index in [0.717, 1.165) is 35.6 Å². The molecule has 3 aromatic carbocycles. The molecule has 3 aromatic rings. The normalized spacial score (nSPS) is 12.4. The number of benzene rings is 3. The minimum absolute atomic E-state index is 0.368. The molecule has 0 saturated heterocycles. The van der Waals surface area contributed by atoms with Gasteiger partial charge in [0.25, 0.3) is 0 Å². The van der Waals surface area contributed by atoms with E-state index in [1.54, 1.807) is 32.4 Å². The summed E-state index contributed by atoms with van der Waals surface area (Å²) in [6, 6.07) is 16.3. The smallest absolute Gasteiger partial charge is 0.323 e. The zero-order valence-corrected chi connectivity index (χ0v) is 19.8. The van der Waals surface area contributed by atoms with E-state index in [2.05, 4.69) is 10.6 Å². The van der Waals surface area contributed by atoms with Gasteiger partial charge in [-0.1, -0.05) is 35.3 Å². The largest absolute Gasteiger partial charge is 0.493 e. The number of aliphatic imine (C=N–C) groups is 1. The van der Waals surface area contributed by atoms with Gasteiger partial charge in [-0.3, -0.25) is 4.99 Å². The van der Waals surface area contributed by atoms with E-state index < -0.39 is 0 Å². The van der Waals surface area contributed by atoms with Crippen LogP contribution in [0.2, 0.25) is 10.0 Å². The lowest BCUT2D eigenvalue weighted by Crippen LogP contribution is -2.19. The van der Waals surface area contributed by atoms with Crippen molar-refractivity contribution < 1.29 is 14.3 Å². The zero-order valence-electron chi connectivity index (χ0n) is 18.2. The average molecular weight is 484 g/mol. The van der Waals surface area contributed by atoms with E-state index in [-0.39, 0.29) is 6.03 Å². The number of nitrogens with zero attached hydrogens (tertiary/aromatic N) is 1. The van der Waals surface area contributed by atoms with Gasteiger partial charge in [-0.15, -0.1) is 0 Å². The number of amides is 2. The third-order valence-corrected chi connectivity index (χ3v) is 6.10. The summed E-state index contributed by atoms with van der Waals surface area (Å²) >= 11 is 11.9. The minimum Gasteiger partial charge on any atom is -0.493 e. The molecule has 0 saturated carbocycles. The molecule has 0 bridgehead atoms. The van der Waals surface area contributed by atoms with Crippen molar-refractivity contribution in [3.05, 3.63) is 81.3 Å². The molecule has 0 aliphatic carbocycles. The van der Waals surface area contributed by atoms with Crippen LogP contribution in [0.5, 0.6) is 11.5 Å². The number of halogens is 2. The van der Waals surface area contributed by atoms with Crippen LogP contribution in [0.3, 0.4) is 0 Å². The Morgan fingerprint density at radius 1 is 0.909 bits per heavy atom. The molecule has 1 aliphatic heterocycles. The van der Waals surface area contributed by atoms with E-state index in [0.29, 0.717) is 33.6 Å². The Morgan fingerprint density at radius 2 is 1.58 bits per heavy atom. The summed E-state index contributed by atoms with van der Waals surface area (Å²) in [5.74, 6) is 1.42. The maximum absolute atomic E-state index is 12.3. The summed E-state index contributed by atoms with van der Waals surface area (Å²) in [6.07, 6.45) is 1.55. The number of carbonyl (C=O) groups is 1. The third-order valence-electron chi connectivity index (χ3n) is 5.36. The molecule has 170 valence electrons. The summed E-state index contributed by atoms with van der Waals surface area (Å²) in [5, 5.41) is 6.36. The molecule has 0 radical (unpaired) electrons. The second kappa shape index (κ2) is 10.1. The standard InChI is InChI=1S/C25H23Cl2N3O3/c1-32-23-12-16-9-10-28-22(19(16)14-24(23)33-2)11-15-3-5-17(6-4-15)29-25(31)30-18-7-8-20(26)21(27)13-18/h3-8,12-14H,9-11H2,1-2H3,(H2,29,30,31). The van der Waals surface area contributed by atoms with Crippen molar-refractivity contribution in [2.24, 2.45) is 4.99 Å². The first kappa shape index (κ1) is 23.0. The Bertz CT molecular complexity index is 1210. The molecule has 0 fully saturated rings. The van der Waals surface area contributed by atoms with Crippen LogP contribution in [-0.2, 0) is 12.8 Å². The Balaban J connectivity index is 1.42. The van der Waals surface area contributed by atoms with Crippen molar-refractivity contribution in [3.8, 4) is 11.5 Å². The number of anilines is 2. The van der Waals surface area contributed by atoms with Gasteiger partial charge >= 0.3 is 6.03 Å². The van der Waals surface area contributed by atoms with Crippen molar-refractivity contribution >= 4 is 46.3 Å². The van der Waals surface area contributed by atoms with Crippen LogP contribution in [0.1, 0.15) is 16.7 Å². The highest BCUT2D eigenvalue weighted by atomic mass is 35.5. The lowest BCUT2D eigenvalue weighted by atomic mass is 9.93. The van der Waals surface area contributed by atoms with Crippen molar-refractivity contribution in [1.82, 2.24) is 0 Å². The van der Waals surface area contributed by atoms with Gasteiger partial charge in [0, 0.05) is 35.6 Å². The molecule has 1 aliphatic rings. The predicted molar refractivity (Wildman–Crippen MR) is 134 cm³/mol. The molecule has 0 spiro atoms. The third kappa shape index (κ3) is 5.41. The highest BCUT2D eigenvalue weighted by molar-refractivity contribution is 6.42. The SMILES string of the molecule is COc1cc2c(cc1OC)C(Cc1ccc(NC(=O)Nc3ccc(Cl)c(Cl)c3)cc1)=NCC2. The molecular weight excluding hydrogens is 461 g/mol. The van der Waals surface area contributed by atoms with Gasteiger partial charge in [-0.2, -0.15) is 0 Å². The molecule has 1 heterocycles. The molecule has 2 N–H and O–H groups in total. The summed E-state index contributed by atoms with van der Waals surface area (Å²) in [7, 11) is 3.27. The number of rotatable bonds is 6. The first-order valence-electron chi connectivity index (χ1n) is 10.4. The van der Waals surface area contributed by atoms with Crippen molar-refractivity contribution in [3.63, 3.8) is 0 Å². The van der Waals surface area contributed by atoms with Crippen LogP contribution in [0.4, 0.5) is 16.2 Å². The van der Waals surface area contributed by atoms with Gasteiger partial charge < -0.3 is 20.1 Å². The first-order chi connectivity index (χ1) is 16.0. The van der Waals surface area contributed by atoms with E-state index >= 15 is 0 Å². The summed E-state index contributed by atoms with van der Waals surface area (Å²) in [5.41, 5.74) is 5.62. The Kier molecular flexibility index (Phi) is 7.06. The maximum Gasteiger partial charge on any atom is 0.323 e. The number of methoxy groups -OCH3 is 2. The molecule has 0 atom stereocenters. The van der Waals surface area contributed by atoms with Gasteiger partial charge in [0.2, 0.25) is 0 Å². The molecule has 0 unspecified atom stereocenters. The monoisotopic (exact) mass is 483 g/mol. The highest BCUT2D eigenvalue weighted by Crippen LogP contribution is 2.33. The van der Waals surface area contributed by atoms with Crippen LogP contribution in [0.25, 0.3) is 0 Å². The molecule has 8 heteroatoms. The van der Waals surface area contributed by atoms with Crippen LogP contribution in [0, 0.1) is 0 Å². The van der Waals surface area contributed by atoms with Crippen molar-refractivity contribution in [2.75, 3.05) is 31.4 Å². The predicted octanol–water partition coefficient (Wildman–Crippen LogP) is 6.24. The van der Waals surface area contributed by atoms with Gasteiger partial charge in [-0.05, 0) is 60.0 Å². The van der Waals surface area contributed by atoms with Crippen LogP contribution >= 0.6 is 23.2 Å². The molecule has 33 heavy (non-hydrogen) atoms. The Hall–Kier alpha value is -3.22. The minimum atomic E-state index is -0.368. The highest BCUT2D eigenvalue weighted by Gasteiger charge is 2.18. The van der Waals surface area contributed by atoms with Crippen molar-refractivity contribution in [1.29, 1.82) is 0 Å². The topological polar surface area (TPSA) is 72.0 Å². The Labute approximate surface area is 202 Å². The van der Waals surface area contributed by atoms with E-state index in [9.17, 15) is 4.79 Å². The number of carbonyl (C=O) groups excluding carboxylic acids is 1. The number of hydrogen-bond donors (Lipinski definition) is 2. The van der Waals surface area contributed by atoms with Gasteiger partial charge in [-0.25, -0.2) is 4.79 Å². The lowest BCUT2D eigenvalue weighted by Gasteiger charge is -2.20. The van der Waals surface area contributed by atoms with Crippen molar-refractivity contribution in [2.45, 2.75) is 12.8 Å². The quantitative estimate of drug-likeness (QED) is 0.435. The van der Waals surface area contributed by atoms with E-state index in [1.807, 2.05) is 36.4 Å². The zero-order chi connectivity index (χ0) is 23.4. The van der Waals surface area contributed by atoms with Crippen LogP contribution < -0.4 is 20.1 Å². The lowest BCUT2D eigenvalue weighted by molar-refractivity contribution is 0.262. The fourth-order valence-corrected chi connectivity index (χ4v) is 4.01. The first-order valence-corrected chi connectivity index (χ1v) is 11.1. The molecule has 2 amide bonds. The fourth-order valence-electron chi connectivity index (χ4n) is 3.71. The molecule has 6 nitrogen and oxygen atoms in total. The van der Waals surface area contributed by atoms with Gasteiger partial charge in [0.05, 0.1) is 24.3 Å². The van der Waals surface area contributed by atoms with Gasteiger partial charge in [0.15, 0.2) is 11.5 Å². The summed E-state index contributed by atoms with van der Waals surface area (Å²) in [6.45, 7) is 0.742. The maximum atomic E-state index is 12.3. The molecular formula is C25H23Cl2N3O3. The number of hydrogen-bond acceptors (Lipinski definition) is 4. The Morgan fingerprint density at radius 3 is 2.27 bits per heavy atom. The second-order valence-corrected chi connectivity index (χ2v) is 8.34.